The van der Waals surface area contributed by atoms with E-state index in [0.29, 0.717) is 12.1 Å². The van der Waals surface area contributed by atoms with Gasteiger partial charge < -0.3 is 10.0 Å². The van der Waals surface area contributed by atoms with Crippen molar-refractivity contribution in [3.05, 3.63) is 0 Å². The lowest BCUT2D eigenvalue weighted by Crippen LogP contribution is -2.47. The van der Waals surface area contributed by atoms with Gasteiger partial charge in [0.1, 0.15) is 0 Å². The van der Waals surface area contributed by atoms with Crippen LogP contribution in [0.4, 0.5) is 0 Å². The lowest BCUT2D eigenvalue weighted by atomic mass is 9.88. The Kier molecular flexibility index (Phi) is 1.52. The highest BCUT2D eigenvalue weighted by Gasteiger charge is 2.43. The molecule has 2 bridgehead atoms. The van der Waals surface area contributed by atoms with Crippen LogP contribution in [-0.2, 0) is 0 Å². The molecule has 64 valence electrons. The second-order valence-electron chi connectivity index (χ2n) is 4.46. The Balaban J connectivity index is 2.14. The first-order valence-corrected chi connectivity index (χ1v) is 4.53. The number of rotatable bonds is 0. The molecule has 0 aromatic rings. The van der Waals surface area contributed by atoms with Crippen molar-refractivity contribution in [1.82, 2.24) is 4.90 Å². The summed E-state index contributed by atoms with van der Waals surface area (Å²) in [6.07, 6.45) is 4.52. The number of hydrogen-bond acceptors (Lipinski definition) is 2. The third-order valence-electron chi connectivity index (χ3n) is 3.34. The predicted molar refractivity (Wildman–Crippen MR) is 44.4 cm³/mol. The second-order valence-corrected chi connectivity index (χ2v) is 4.46. The van der Waals surface area contributed by atoms with Crippen LogP contribution in [-0.4, -0.2) is 34.7 Å². The highest BCUT2D eigenvalue weighted by Crippen LogP contribution is 2.39. The van der Waals surface area contributed by atoms with Crippen molar-refractivity contribution in [3.63, 3.8) is 0 Å². The summed E-state index contributed by atoms with van der Waals surface area (Å²) in [5.74, 6) is 0. The minimum absolute atomic E-state index is 0.377. The fourth-order valence-corrected chi connectivity index (χ4v) is 2.68. The third kappa shape index (κ3) is 1.18. The van der Waals surface area contributed by atoms with E-state index in [-0.39, 0.29) is 5.60 Å². The van der Waals surface area contributed by atoms with Gasteiger partial charge >= 0.3 is 0 Å². The van der Waals surface area contributed by atoms with E-state index in [1.54, 1.807) is 0 Å². The second kappa shape index (κ2) is 2.20. The summed E-state index contributed by atoms with van der Waals surface area (Å²) < 4.78 is 0. The molecule has 2 aliphatic heterocycles. The molecular formula is C9H17NO. The molecule has 0 aromatic heterocycles. The van der Waals surface area contributed by atoms with Crippen molar-refractivity contribution in [2.24, 2.45) is 0 Å². The number of aliphatic hydroxyl groups is 1. The van der Waals surface area contributed by atoms with Crippen molar-refractivity contribution in [3.8, 4) is 0 Å². The first-order valence-electron chi connectivity index (χ1n) is 4.53. The Morgan fingerprint density at radius 3 is 2.18 bits per heavy atom. The highest BCUT2D eigenvalue weighted by atomic mass is 16.3. The molecule has 1 N–H and O–H groups in total. The quantitative estimate of drug-likeness (QED) is 0.564. The van der Waals surface area contributed by atoms with E-state index in [9.17, 15) is 5.11 Å². The van der Waals surface area contributed by atoms with Gasteiger partial charge in [-0.05, 0) is 39.7 Å². The lowest BCUT2D eigenvalue weighted by molar-refractivity contribution is -0.0298. The predicted octanol–water partition coefficient (Wildman–Crippen LogP) is 0.994. The largest absolute Gasteiger partial charge is 0.390 e. The molecule has 2 nitrogen and oxygen atoms in total. The number of piperidine rings is 1. The van der Waals surface area contributed by atoms with Gasteiger partial charge in [-0.25, -0.2) is 0 Å². The van der Waals surface area contributed by atoms with Gasteiger partial charge in [0.25, 0.3) is 0 Å². The van der Waals surface area contributed by atoms with Crippen molar-refractivity contribution in [1.29, 1.82) is 0 Å². The van der Waals surface area contributed by atoms with Gasteiger partial charge in [-0.2, -0.15) is 0 Å². The Labute approximate surface area is 68.2 Å². The summed E-state index contributed by atoms with van der Waals surface area (Å²) in [6.45, 7) is 1.98. The fraction of sp³-hybridized carbons (Fsp3) is 1.00. The Hall–Kier alpha value is -0.0800. The van der Waals surface area contributed by atoms with E-state index in [0.717, 1.165) is 12.8 Å². The molecule has 2 rings (SSSR count). The molecule has 0 radical (unpaired) electrons. The van der Waals surface area contributed by atoms with E-state index in [1.165, 1.54) is 12.8 Å². The van der Waals surface area contributed by atoms with Crippen LogP contribution in [0.2, 0.25) is 0 Å². The Morgan fingerprint density at radius 1 is 1.27 bits per heavy atom. The maximum Gasteiger partial charge on any atom is 0.0649 e. The van der Waals surface area contributed by atoms with Gasteiger partial charge in [0.05, 0.1) is 5.60 Å². The summed E-state index contributed by atoms with van der Waals surface area (Å²) in [6, 6.07) is 1.31. The lowest BCUT2D eigenvalue weighted by Gasteiger charge is -2.40. The summed E-state index contributed by atoms with van der Waals surface area (Å²) in [7, 11) is 2.19. The van der Waals surface area contributed by atoms with Gasteiger partial charge in [-0.15, -0.1) is 0 Å². The maximum absolute atomic E-state index is 9.85. The first-order chi connectivity index (χ1) is 5.08. The van der Waals surface area contributed by atoms with Gasteiger partial charge in [0.2, 0.25) is 0 Å². The highest BCUT2D eigenvalue weighted by molar-refractivity contribution is 4.98. The molecular weight excluding hydrogens is 138 g/mol. The van der Waals surface area contributed by atoms with Crippen LogP contribution >= 0.6 is 0 Å². The zero-order valence-corrected chi connectivity index (χ0v) is 7.38. The molecule has 0 spiro atoms. The summed E-state index contributed by atoms with van der Waals surface area (Å²) in [5.41, 5.74) is -0.377. The SMILES string of the molecule is CN1[C@@H]2CC[C@H]1CC(C)(O)C2. The monoisotopic (exact) mass is 155 g/mol. The van der Waals surface area contributed by atoms with Crippen LogP contribution < -0.4 is 0 Å². The molecule has 2 heteroatoms. The summed E-state index contributed by atoms with van der Waals surface area (Å²) in [5, 5.41) is 9.85. The third-order valence-corrected chi connectivity index (χ3v) is 3.34. The van der Waals surface area contributed by atoms with Crippen LogP contribution in [0.5, 0.6) is 0 Å². The van der Waals surface area contributed by atoms with E-state index in [4.69, 9.17) is 0 Å². The van der Waals surface area contributed by atoms with Gasteiger partial charge in [0, 0.05) is 12.1 Å². The molecule has 2 aliphatic rings. The standard InChI is InChI=1S/C9H17NO/c1-9(11)5-7-3-4-8(6-9)10(7)2/h7-8,11H,3-6H2,1-2H3/t7-,8+,9?. The average Bonchev–Trinajstić information content (AvgIpc) is 2.19. The molecule has 3 atom stereocenters. The van der Waals surface area contributed by atoms with E-state index in [2.05, 4.69) is 11.9 Å². The van der Waals surface area contributed by atoms with Gasteiger partial charge in [-0.3, -0.25) is 0 Å². The Bertz CT molecular complexity index is 151. The number of nitrogens with zero attached hydrogens (tertiary/aromatic N) is 1. The van der Waals surface area contributed by atoms with Crippen molar-refractivity contribution in [2.75, 3.05) is 7.05 Å². The zero-order chi connectivity index (χ0) is 8.06. The van der Waals surface area contributed by atoms with E-state index < -0.39 is 0 Å². The van der Waals surface area contributed by atoms with Crippen LogP contribution in [0.1, 0.15) is 32.6 Å². The summed E-state index contributed by atoms with van der Waals surface area (Å²) in [4.78, 5) is 2.44. The molecule has 11 heavy (non-hydrogen) atoms. The van der Waals surface area contributed by atoms with Crippen LogP contribution in [0.25, 0.3) is 0 Å². The van der Waals surface area contributed by atoms with Crippen LogP contribution in [0.15, 0.2) is 0 Å². The van der Waals surface area contributed by atoms with Crippen molar-refractivity contribution in [2.45, 2.75) is 50.3 Å². The topological polar surface area (TPSA) is 23.5 Å². The molecule has 0 aromatic carbocycles. The maximum atomic E-state index is 9.85. The molecule has 2 fully saturated rings. The smallest absolute Gasteiger partial charge is 0.0649 e. The van der Waals surface area contributed by atoms with Crippen molar-refractivity contribution < 1.29 is 5.11 Å². The molecule has 1 unspecified atom stereocenters. The minimum Gasteiger partial charge on any atom is -0.390 e. The van der Waals surface area contributed by atoms with E-state index in [1.807, 2.05) is 6.92 Å². The molecule has 2 saturated heterocycles. The number of hydrogen-bond donors (Lipinski definition) is 1. The molecule has 0 aliphatic carbocycles. The van der Waals surface area contributed by atoms with Crippen molar-refractivity contribution >= 4 is 0 Å². The average molecular weight is 155 g/mol. The van der Waals surface area contributed by atoms with Gasteiger partial charge in [-0.1, -0.05) is 0 Å². The van der Waals surface area contributed by atoms with Gasteiger partial charge in [0.15, 0.2) is 0 Å². The fourth-order valence-electron chi connectivity index (χ4n) is 2.68. The van der Waals surface area contributed by atoms with Crippen LogP contribution in [0, 0.1) is 0 Å². The van der Waals surface area contributed by atoms with E-state index >= 15 is 0 Å². The molecule has 0 saturated carbocycles. The number of fused-ring (bicyclic) bond motifs is 2. The summed E-state index contributed by atoms with van der Waals surface area (Å²) >= 11 is 0. The zero-order valence-electron chi connectivity index (χ0n) is 7.38. The normalized spacial score (nSPS) is 51.5. The molecule has 0 amide bonds. The molecule has 2 heterocycles. The Morgan fingerprint density at radius 2 is 1.73 bits per heavy atom. The van der Waals surface area contributed by atoms with Crippen LogP contribution in [0.3, 0.4) is 0 Å². The first kappa shape index (κ1) is 7.56. The minimum atomic E-state index is -0.377.